The van der Waals surface area contributed by atoms with Gasteiger partial charge in [-0.15, -0.1) is 0 Å². The zero-order chi connectivity index (χ0) is 74.4. The summed E-state index contributed by atoms with van der Waals surface area (Å²) >= 11 is 0. The standard InChI is InChI=1S/C82H156O17P2/c1-8-11-12-13-14-15-16-17-22-26-29-35-42-49-56-63-79(84)92-69-77(98-81(86)65-58-51-43-36-30-27-24-21-19-18-20-23-25-28-33-40-47-54-61-74(6)9-2)71-96-100(88,89)94-67-76(83)68-95-101(90,91)97-72-78(70-93-80(85)64-57-50-45-38-39-46-53-60-73(4)5)99-82(87)66-59-52-44-37-32-31-34-41-48-55-62-75(7)10-3/h15-17,22,73-78,83H,8-14,18-21,23-72H2,1-7H3,(H,88,89)(H,90,91)/b16-15-,22-17-/t74?,75?,76?,77-,78-/m1/s1. The van der Waals surface area contributed by atoms with E-state index >= 15 is 0 Å². The molecule has 0 spiro atoms. The van der Waals surface area contributed by atoms with Crippen LogP contribution in [0.2, 0.25) is 0 Å². The zero-order valence-corrected chi connectivity index (χ0v) is 67.6. The number of allylic oxidation sites excluding steroid dienone is 4. The predicted octanol–water partition coefficient (Wildman–Crippen LogP) is 24.1. The summed E-state index contributed by atoms with van der Waals surface area (Å²) in [5.41, 5.74) is 0. The van der Waals surface area contributed by atoms with Gasteiger partial charge in [-0.05, 0) is 69.1 Å². The Labute approximate surface area is 618 Å². The number of esters is 4. The second-order valence-corrected chi connectivity index (χ2v) is 32.7. The number of unbranched alkanes of at least 4 members (excludes halogenated alkanes) is 41. The summed E-state index contributed by atoms with van der Waals surface area (Å²) in [7, 11) is -9.93. The number of aliphatic hydroxyl groups excluding tert-OH is 1. The summed E-state index contributed by atoms with van der Waals surface area (Å²) in [6, 6.07) is 0. The van der Waals surface area contributed by atoms with Crippen molar-refractivity contribution >= 4 is 39.5 Å². The Morgan fingerprint density at radius 1 is 0.327 bits per heavy atom. The Hall–Kier alpha value is -2.46. The second-order valence-electron chi connectivity index (χ2n) is 29.8. The van der Waals surface area contributed by atoms with Crippen LogP contribution in [0.25, 0.3) is 0 Å². The lowest BCUT2D eigenvalue weighted by atomic mass is 9.99. The minimum atomic E-state index is -4.97. The number of ether oxygens (including phenoxy) is 4. The van der Waals surface area contributed by atoms with Crippen LogP contribution in [-0.2, 0) is 65.4 Å². The molecule has 0 aromatic heterocycles. The van der Waals surface area contributed by atoms with Gasteiger partial charge in [0.15, 0.2) is 12.2 Å². The molecule has 0 rings (SSSR count). The van der Waals surface area contributed by atoms with Crippen LogP contribution in [0, 0.1) is 17.8 Å². The van der Waals surface area contributed by atoms with Crippen molar-refractivity contribution in [1.29, 1.82) is 0 Å². The van der Waals surface area contributed by atoms with E-state index in [1.54, 1.807) is 0 Å². The highest BCUT2D eigenvalue weighted by Gasteiger charge is 2.30. The molecule has 0 aliphatic rings. The Balaban J connectivity index is 5.25. The van der Waals surface area contributed by atoms with E-state index in [1.807, 2.05) is 0 Å². The molecular formula is C82H156O17P2. The van der Waals surface area contributed by atoms with Crippen LogP contribution >= 0.6 is 15.6 Å². The van der Waals surface area contributed by atoms with Crippen molar-refractivity contribution in [2.24, 2.45) is 17.8 Å². The molecule has 19 heteroatoms. The van der Waals surface area contributed by atoms with Gasteiger partial charge in [-0.3, -0.25) is 37.3 Å². The maximum absolute atomic E-state index is 13.1. The first-order valence-corrected chi connectivity index (χ1v) is 44.7. The average Bonchev–Trinajstić information content (AvgIpc) is 1.03. The molecule has 5 unspecified atom stereocenters. The molecular weight excluding hydrogens is 1320 g/mol. The molecule has 17 nitrogen and oxygen atoms in total. The maximum Gasteiger partial charge on any atom is 0.472 e. The van der Waals surface area contributed by atoms with Gasteiger partial charge in [0.05, 0.1) is 26.4 Å². The summed E-state index contributed by atoms with van der Waals surface area (Å²) in [6.07, 6.45) is 63.3. The smallest absolute Gasteiger partial charge is 0.462 e. The first-order valence-electron chi connectivity index (χ1n) is 41.7. The van der Waals surface area contributed by atoms with Crippen LogP contribution in [0.15, 0.2) is 24.3 Å². The average molecular weight is 1480 g/mol. The number of phosphoric acid groups is 2. The van der Waals surface area contributed by atoms with Crippen LogP contribution in [0.1, 0.15) is 402 Å². The number of hydrogen-bond donors (Lipinski definition) is 3. The summed E-state index contributed by atoms with van der Waals surface area (Å²) in [6.45, 7) is 11.9. The lowest BCUT2D eigenvalue weighted by molar-refractivity contribution is -0.161. The van der Waals surface area contributed by atoms with Gasteiger partial charge >= 0.3 is 39.5 Å². The van der Waals surface area contributed by atoms with E-state index in [2.05, 4.69) is 72.8 Å². The number of phosphoric ester groups is 2. The largest absolute Gasteiger partial charge is 0.472 e. The van der Waals surface area contributed by atoms with Gasteiger partial charge in [0.2, 0.25) is 0 Å². The minimum Gasteiger partial charge on any atom is -0.462 e. The van der Waals surface area contributed by atoms with Crippen molar-refractivity contribution in [3.05, 3.63) is 24.3 Å². The molecule has 0 amide bonds. The summed E-state index contributed by atoms with van der Waals surface area (Å²) < 4.78 is 68.7. The molecule has 0 aromatic rings. The minimum absolute atomic E-state index is 0.101. The molecule has 0 saturated heterocycles. The van der Waals surface area contributed by atoms with Crippen LogP contribution in [0.4, 0.5) is 0 Å². The van der Waals surface area contributed by atoms with Crippen molar-refractivity contribution in [3.63, 3.8) is 0 Å². The molecule has 101 heavy (non-hydrogen) atoms. The fraction of sp³-hybridized carbons (Fsp3) is 0.902. The number of hydrogen-bond acceptors (Lipinski definition) is 15. The molecule has 0 aromatic carbocycles. The van der Waals surface area contributed by atoms with Gasteiger partial charge < -0.3 is 33.8 Å². The quantitative estimate of drug-likeness (QED) is 0.0169. The van der Waals surface area contributed by atoms with E-state index in [9.17, 15) is 43.2 Å². The van der Waals surface area contributed by atoms with Crippen molar-refractivity contribution in [1.82, 2.24) is 0 Å². The van der Waals surface area contributed by atoms with Gasteiger partial charge in [-0.2, -0.15) is 0 Å². The van der Waals surface area contributed by atoms with Crippen molar-refractivity contribution < 1.29 is 80.2 Å². The van der Waals surface area contributed by atoms with E-state index in [0.29, 0.717) is 31.6 Å². The van der Waals surface area contributed by atoms with Crippen molar-refractivity contribution in [3.8, 4) is 0 Å². The zero-order valence-electron chi connectivity index (χ0n) is 65.9. The fourth-order valence-electron chi connectivity index (χ4n) is 12.1. The summed E-state index contributed by atoms with van der Waals surface area (Å²) in [5, 5.41) is 10.6. The van der Waals surface area contributed by atoms with Gasteiger partial charge in [-0.25, -0.2) is 9.13 Å². The Kier molecular flexibility index (Phi) is 70.0. The Morgan fingerprint density at radius 3 is 0.881 bits per heavy atom. The van der Waals surface area contributed by atoms with Gasteiger partial charge in [0, 0.05) is 25.7 Å². The van der Waals surface area contributed by atoms with Gasteiger partial charge in [-0.1, -0.05) is 349 Å². The number of rotatable bonds is 78. The van der Waals surface area contributed by atoms with Crippen molar-refractivity contribution in [2.45, 2.75) is 420 Å². The first-order chi connectivity index (χ1) is 48.8. The molecule has 0 radical (unpaired) electrons. The third-order valence-electron chi connectivity index (χ3n) is 19.2. The highest BCUT2D eigenvalue weighted by atomic mass is 31.2. The monoisotopic (exact) mass is 1480 g/mol. The first kappa shape index (κ1) is 98.5. The van der Waals surface area contributed by atoms with Crippen LogP contribution in [0.5, 0.6) is 0 Å². The molecule has 596 valence electrons. The lowest BCUT2D eigenvalue weighted by Crippen LogP contribution is -2.30. The molecule has 0 bridgehead atoms. The summed E-state index contributed by atoms with van der Waals surface area (Å²) in [5.74, 6) is 0.232. The van der Waals surface area contributed by atoms with E-state index in [-0.39, 0.29) is 25.7 Å². The molecule has 0 aliphatic carbocycles. The molecule has 3 N–H and O–H groups in total. The molecule has 0 saturated carbocycles. The number of aliphatic hydroxyl groups is 1. The molecule has 7 atom stereocenters. The van der Waals surface area contributed by atoms with Crippen LogP contribution < -0.4 is 0 Å². The molecule has 0 aliphatic heterocycles. The number of carbonyl (C=O) groups is 4. The Morgan fingerprint density at radius 2 is 0.584 bits per heavy atom. The SMILES string of the molecule is CCCCCC/C=C\C=C/CCCCCCCC(=O)OC[C@H](COP(=O)(O)OCC(O)COP(=O)(O)OC[C@@H](COC(=O)CCCCCCCCCC(C)C)OC(=O)CCCCCCCCCCCCC(C)CC)OC(=O)CCCCCCCCCCCCCCCCCCCCC(C)CC. The van der Waals surface area contributed by atoms with E-state index in [0.717, 1.165) is 127 Å². The Bertz CT molecular complexity index is 2060. The van der Waals surface area contributed by atoms with Crippen LogP contribution in [0.3, 0.4) is 0 Å². The fourth-order valence-corrected chi connectivity index (χ4v) is 13.6. The predicted molar refractivity (Wildman–Crippen MR) is 414 cm³/mol. The van der Waals surface area contributed by atoms with Gasteiger partial charge in [0.1, 0.15) is 19.3 Å². The molecule has 0 heterocycles. The third kappa shape index (κ3) is 72.9. The molecule has 0 fully saturated rings. The highest BCUT2D eigenvalue weighted by Crippen LogP contribution is 2.45. The topological polar surface area (TPSA) is 237 Å². The second kappa shape index (κ2) is 71.8. The van der Waals surface area contributed by atoms with E-state index in [1.165, 1.54) is 186 Å². The maximum atomic E-state index is 13.1. The lowest BCUT2D eigenvalue weighted by Gasteiger charge is -2.21. The number of carbonyl (C=O) groups excluding carboxylic acids is 4. The van der Waals surface area contributed by atoms with Crippen molar-refractivity contribution in [2.75, 3.05) is 39.6 Å². The van der Waals surface area contributed by atoms with Gasteiger partial charge in [0.25, 0.3) is 0 Å². The third-order valence-corrected chi connectivity index (χ3v) is 21.1. The van der Waals surface area contributed by atoms with E-state index < -0.39 is 97.5 Å². The highest BCUT2D eigenvalue weighted by molar-refractivity contribution is 7.47. The normalized spacial score (nSPS) is 14.6. The van der Waals surface area contributed by atoms with Crippen LogP contribution in [-0.4, -0.2) is 96.7 Å². The van der Waals surface area contributed by atoms with E-state index in [4.69, 9.17) is 37.0 Å². The summed E-state index contributed by atoms with van der Waals surface area (Å²) in [4.78, 5) is 73.0.